The number of ether oxygens (including phenoxy) is 1. The third kappa shape index (κ3) is 3.96. The molecule has 4 aromatic rings. The lowest BCUT2D eigenvalue weighted by Crippen LogP contribution is -2.15. The number of rotatable bonds is 6. The number of anilines is 1. The molecule has 2 heterocycles. The number of nitro benzene ring substituents is 2. The summed E-state index contributed by atoms with van der Waals surface area (Å²) < 4.78 is 7.51. The number of thiazole rings is 1. The van der Waals surface area contributed by atoms with E-state index in [0.717, 1.165) is 22.9 Å². The normalized spacial score (nSPS) is 10.8. The van der Waals surface area contributed by atoms with Crippen molar-refractivity contribution in [1.82, 2.24) is 14.8 Å². The predicted molar refractivity (Wildman–Crippen MR) is 116 cm³/mol. The van der Waals surface area contributed by atoms with Crippen molar-refractivity contribution in [3.05, 3.63) is 74.0 Å². The summed E-state index contributed by atoms with van der Waals surface area (Å²) in [6, 6.07) is 9.76. The molecule has 162 valence electrons. The Hall–Kier alpha value is -4.39. The van der Waals surface area contributed by atoms with Gasteiger partial charge >= 0.3 is 0 Å². The maximum atomic E-state index is 12.8. The lowest BCUT2D eigenvalue weighted by Gasteiger charge is -2.06. The van der Waals surface area contributed by atoms with Gasteiger partial charge in [0.05, 0.1) is 44.5 Å². The Morgan fingerprint density at radius 2 is 1.78 bits per heavy atom. The van der Waals surface area contributed by atoms with E-state index in [0.29, 0.717) is 22.1 Å². The fourth-order valence-electron chi connectivity index (χ4n) is 2.97. The summed E-state index contributed by atoms with van der Waals surface area (Å²) in [6.07, 6.45) is 0. The molecule has 0 saturated carbocycles. The number of nitrogens with one attached hydrogen (secondary N) is 1. The van der Waals surface area contributed by atoms with Gasteiger partial charge in [-0.25, -0.2) is 4.98 Å². The molecule has 12 nitrogen and oxygen atoms in total. The summed E-state index contributed by atoms with van der Waals surface area (Å²) in [5, 5.41) is 29.6. The van der Waals surface area contributed by atoms with Gasteiger partial charge in [0, 0.05) is 24.3 Å². The highest BCUT2D eigenvalue weighted by molar-refractivity contribution is 7.20. The molecule has 0 aliphatic carbocycles. The Morgan fingerprint density at radius 1 is 1.09 bits per heavy atom. The Balaban J connectivity index is 1.70. The average molecular weight is 454 g/mol. The molecule has 0 spiro atoms. The average Bonchev–Trinajstić information content (AvgIpc) is 3.35. The van der Waals surface area contributed by atoms with Gasteiger partial charge in [-0.1, -0.05) is 11.3 Å². The summed E-state index contributed by atoms with van der Waals surface area (Å²) in [4.78, 5) is 37.9. The van der Waals surface area contributed by atoms with Crippen LogP contribution in [0, 0.1) is 27.2 Å². The number of amides is 1. The van der Waals surface area contributed by atoms with Crippen molar-refractivity contribution < 1.29 is 19.4 Å². The molecule has 0 aliphatic rings. The summed E-state index contributed by atoms with van der Waals surface area (Å²) in [5.74, 6) is 0.139. The number of benzene rings is 2. The Kier molecular flexibility index (Phi) is 5.24. The SMILES string of the molecule is COc1ccc2sc(-n3nc(C)cc3NC(=O)c3cc([N+](=O)[O-])cc([N+](=O)[O-])c3)nc2c1. The quantitative estimate of drug-likeness (QED) is 0.340. The topological polar surface area (TPSA) is 155 Å². The number of non-ortho nitro benzene ring substituents is 2. The van der Waals surface area contributed by atoms with Crippen molar-refractivity contribution in [3.63, 3.8) is 0 Å². The van der Waals surface area contributed by atoms with Gasteiger partial charge in [-0.15, -0.1) is 0 Å². The first-order valence-corrected chi connectivity index (χ1v) is 9.83. The van der Waals surface area contributed by atoms with Gasteiger partial charge in [0.2, 0.25) is 5.13 Å². The molecule has 0 saturated heterocycles. The standard InChI is InChI=1S/C19H14N6O6S/c1-10-5-17(21-18(26)11-6-12(24(27)28)8-13(7-11)25(29)30)23(22-10)19-20-15-9-14(31-2)3-4-16(15)32-19/h3-9H,1-2H3,(H,21,26). The zero-order valence-corrected chi connectivity index (χ0v) is 17.5. The maximum absolute atomic E-state index is 12.8. The van der Waals surface area contributed by atoms with E-state index < -0.39 is 27.1 Å². The molecule has 4 rings (SSSR count). The minimum Gasteiger partial charge on any atom is -0.497 e. The van der Waals surface area contributed by atoms with E-state index in [1.807, 2.05) is 6.07 Å². The van der Waals surface area contributed by atoms with Gasteiger partial charge in [0.25, 0.3) is 17.3 Å². The number of aryl methyl sites for hydroxylation is 1. The van der Waals surface area contributed by atoms with E-state index >= 15 is 0 Å². The highest BCUT2D eigenvalue weighted by atomic mass is 32.1. The molecule has 0 atom stereocenters. The molecule has 0 radical (unpaired) electrons. The molecular formula is C19H14N6O6S. The third-order valence-corrected chi connectivity index (χ3v) is 5.44. The first-order valence-electron chi connectivity index (χ1n) is 9.02. The fraction of sp³-hybridized carbons (Fsp3) is 0.105. The Labute approximate surface area is 183 Å². The number of nitro groups is 2. The van der Waals surface area contributed by atoms with Gasteiger partial charge in [-0.3, -0.25) is 25.0 Å². The van der Waals surface area contributed by atoms with Crippen LogP contribution >= 0.6 is 11.3 Å². The Bertz CT molecular complexity index is 1360. The van der Waals surface area contributed by atoms with Crippen molar-refractivity contribution >= 4 is 44.7 Å². The zero-order valence-electron chi connectivity index (χ0n) is 16.6. The molecule has 2 aromatic carbocycles. The number of aromatic nitrogens is 3. The van der Waals surface area contributed by atoms with Crippen molar-refractivity contribution in [2.75, 3.05) is 12.4 Å². The van der Waals surface area contributed by atoms with Crippen LogP contribution in [0.1, 0.15) is 16.1 Å². The highest BCUT2D eigenvalue weighted by Gasteiger charge is 2.21. The van der Waals surface area contributed by atoms with E-state index in [1.165, 1.54) is 16.0 Å². The predicted octanol–water partition coefficient (Wildman–Crippen LogP) is 3.87. The monoisotopic (exact) mass is 454 g/mol. The molecule has 0 bridgehead atoms. The van der Waals surface area contributed by atoms with E-state index in [2.05, 4.69) is 15.4 Å². The Morgan fingerprint density at radius 3 is 2.41 bits per heavy atom. The number of hydrogen-bond acceptors (Lipinski definition) is 9. The molecule has 13 heteroatoms. The maximum Gasteiger partial charge on any atom is 0.277 e. The first kappa shape index (κ1) is 20.9. The van der Waals surface area contributed by atoms with Gasteiger partial charge in [0.15, 0.2) is 0 Å². The smallest absolute Gasteiger partial charge is 0.277 e. The number of methoxy groups -OCH3 is 1. The van der Waals surface area contributed by atoms with Crippen molar-refractivity contribution in [2.24, 2.45) is 0 Å². The van der Waals surface area contributed by atoms with E-state index in [4.69, 9.17) is 4.74 Å². The summed E-state index contributed by atoms with van der Waals surface area (Å²) >= 11 is 1.34. The minimum absolute atomic E-state index is 0.231. The van der Waals surface area contributed by atoms with Gasteiger partial charge in [0.1, 0.15) is 11.6 Å². The van der Waals surface area contributed by atoms with Crippen molar-refractivity contribution in [1.29, 1.82) is 0 Å². The largest absolute Gasteiger partial charge is 0.497 e. The van der Waals surface area contributed by atoms with Crippen LogP contribution in [0.4, 0.5) is 17.2 Å². The van der Waals surface area contributed by atoms with Crippen LogP contribution < -0.4 is 10.1 Å². The van der Waals surface area contributed by atoms with Crippen molar-refractivity contribution in [3.8, 4) is 10.9 Å². The number of hydrogen-bond donors (Lipinski definition) is 1. The molecule has 0 unspecified atom stereocenters. The highest BCUT2D eigenvalue weighted by Crippen LogP contribution is 2.30. The summed E-state index contributed by atoms with van der Waals surface area (Å²) in [5.41, 5.74) is -0.0834. The molecule has 0 fully saturated rings. The van der Waals surface area contributed by atoms with Gasteiger partial charge in [-0.05, 0) is 19.1 Å². The number of fused-ring (bicyclic) bond motifs is 1. The van der Waals surface area contributed by atoms with E-state index in [1.54, 1.807) is 32.2 Å². The molecule has 2 aromatic heterocycles. The first-order chi connectivity index (χ1) is 15.2. The summed E-state index contributed by atoms with van der Waals surface area (Å²) in [6.45, 7) is 1.72. The number of nitrogens with zero attached hydrogens (tertiary/aromatic N) is 5. The molecule has 1 N–H and O–H groups in total. The van der Waals surface area contributed by atoms with Gasteiger partial charge < -0.3 is 10.1 Å². The summed E-state index contributed by atoms with van der Waals surface area (Å²) in [7, 11) is 1.55. The van der Waals surface area contributed by atoms with Crippen LogP contribution in [0.25, 0.3) is 15.3 Å². The van der Waals surface area contributed by atoms with Crippen LogP contribution in [-0.2, 0) is 0 Å². The minimum atomic E-state index is -0.798. The van der Waals surface area contributed by atoms with E-state index in [-0.39, 0.29) is 11.4 Å². The zero-order chi connectivity index (χ0) is 23.0. The van der Waals surface area contributed by atoms with Crippen LogP contribution in [0.5, 0.6) is 5.75 Å². The lowest BCUT2D eigenvalue weighted by molar-refractivity contribution is -0.394. The second-order valence-corrected chi connectivity index (χ2v) is 7.63. The second-order valence-electron chi connectivity index (χ2n) is 6.62. The van der Waals surface area contributed by atoms with Crippen LogP contribution in [0.2, 0.25) is 0 Å². The van der Waals surface area contributed by atoms with Crippen molar-refractivity contribution in [2.45, 2.75) is 6.92 Å². The fourth-order valence-corrected chi connectivity index (χ4v) is 3.88. The molecule has 0 aliphatic heterocycles. The molecule has 1 amide bonds. The van der Waals surface area contributed by atoms with Crippen LogP contribution in [0.15, 0.2) is 42.5 Å². The number of carbonyl (C=O) groups excluding carboxylic acids is 1. The van der Waals surface area contributed by atoms with Crippen LogP contribution in [-0.4, -0.2) is 37.6 Å². The molecule has 32 heavy (non-hydrogen) atoms. The van der Waals surface area contributed by atoms with Gasteiger partial charge in [-0.2, -0.15) is 9.78 Å². The van der Waals surface area contributed by atoms with Crippen LogP contribution in [0.3, 0.4) is 0 Å². The van der Waals surface area contributed by atoms with E-state index in [9.17, 15) is 25.0 Å². The molecular weight excluding hydrogens is 440 g/mol. The lowest BCUT2D eigenvalue weighted by atomic mass is 10.1. The third-order valence-electron chi connectivity index (χ3n) is 4.42. The number of carbonyl (C=O) groups is 1. The second kappa shape index (κ2) is 8.03.